The Bertz CT molecular complexity index is 555. The van der Waals surface area contributed by atoms with E-state index in [0.717, 1.165) is 4.47 Å². The number of thioether (sulfide) groups is 1. The fraction of sp³-hybridized carbons (Fsp3) is 0.0769. The minimum atomic E-state index is -0.382. The highest BCUT2D eigenvalue weighted by Gasteiger charge is 2.05. The van der Waals surface area contributed by atoms with Gasteiger partial charge in [0, 0.05) is 20.8 Å². The summed E-state index contributed by atoms with van der Waals surface area (Å²) in [6.07, 6.45) is 0. The van der Waals surface area contributed by atoms with E-state index in [1.807, 2.05) is 0 Å². The third-order valence-corrected chi connectivity index (χ3v) is 3.81. The maximum Gasteiger partial charge on any atom is 0.127 e. The number of nitrogen functional groups attached to an aromatic ring is 1. The van der Waals surface area contributed by atoms with E-state index in [-0.39, 0.29) is 11.6 Å². The van der Waals surface area contributed by atoms with Gasteiger partial charge < -0.3 is 5.73 Å². The number of hydrogen-bond acceptors (Lipinski definition) is 2. The smallest absolute Gasteiger partial charge is 0.127 e. The van der Waals surface area contributed by atoms with Crippen LogP contribution in [0.2, 0.25) is 0 Å². The van der Waals surface area contributed by atoms with E-state index in [9.17, 15) is 8.78 Å². The second kappa shape index (κ2) is 5.71. The third-order valence-electron chi connectivity index (χ3n) is 2.30. The van der Waals surface area contributed by atoms with Crippen molar-refractivity contribution in [3.63, 3.8) is 0 Å². The summed E-state index contributed by atoms with van der Waals surface area (Å²) in [5.74, 6) is -0.226. The second-order valence-corrected chi connectivity index (χ2v) is 5.71. The van der Waals surface area contributed by atoms with Crippen LogP contribution in [0.5, 0.6) is 0 Å². The maximum atomic E-state index is 13.5. The van der Waals surface area contributed by atoms with Crippen molar-refractivity contribution in [3.8, 4) is 0 Å². The molecule has 0 aliphatic heterocycles. The number of halogens is 3. The van der Waals surface area contributed by atoms with Crippen molar-refractivity contribution >= 4 is 33.4 Å². The van der Waals surface area contributed by atoms with E-state index in [0.29, 0.717) is 21.9 Å². The average molecular weight is 330 g/mol. The Balaban J connectivity index is 2.13. The van der Waals surface area contributed by atoms with E-state index in [1.54, 1.807) is 18.2 Å². The largest absolute Gasteiger partial charge is 0.399 e. The molecule has 0 atom stereocenters. The maximum absolute atomic E-state index is 13.5. The van der Waals surface area contributed by atoms with Crippen molar-refractivity contribution in [2.45, 2.75) is 10.6 Å². The molecular weight excluding hydrogens is 320 g/mol. The van der Waals surface area contributed by atoms with Gasteiger partial charge in [-0.25, -0.2) is 8.78 Å². The first-order valence-corrected chi connectivity index (χ1v) is 6.95. The van der Waals surface area contributed by atoms with Gasteiger partial charge in [0.15, 0.2) is 0 Å². The molecule has 0 amide bonds. The Kier molecular flexibility index (Phi) is 4.24. The number of nitrogens with two attached hydrogens (primary N) is 1. The molecule has 2 aromatic rings. The predicted octanol–water partition coefficient (Wildman–Crippen LogP) is 4.60. The van der Waals surface area contributed by atoms with E-state index in [4.69, 9.17) is 5.73 Å². The van der Waals surface area contributed by atoms with Gasteiger partial charge in [-0.15, -0.1) is 11.8 Å². The van der Waals surface area contributed by atoms with Crippen molar-refractivity contribution in [2.24, 2.45) is 0 Å². The van der Waals surface area contributed by atoms with Crippen molar-refractivity contribution in [1.82, 2.24) is 0 Å². The van der Waals surface area contributed by atoms with Gasteiger partial charge in [-0.05, 0) is 42.0 Å². The highest BCUT2D eigenvalue weighted by molar-refractivity contribution is 9.10. The lowest BCUT2D eigenvalue weighted by Crippen LogP contribution is -1.90. The number of benzene rings is 2. The van der Waals surface area contributed by atoms with Crippen molar-refractivity contribution < 1.29 is 8.78 Å². The molecule has 94 valence electrons. The zero-order chi connectivity index (χ0) is 13.1. The van der Waals surface area contributed by atoms with Crippen LogP contribution in [0.15, 0.2) is 45.8 Å². The lowest BCUT2D eigenvalue weighted by atomic mass is 10.2. The van der Waals surface area contributed by atoms with Gasteiger partial charge in [0.2, 0.25) is 0 Å². The van der Waals surface area contributed by atoms with Crippen molar-refractivity contribution in [2.75, 3.05) is 5.73 Å². The summed E-state index contributed by atoms with van der Waals surface area (Å²) in [6, 6.07) is 9.07. The molecule has 2 aromatic carbocycles. The molecule has 0 radical (unpaired) electrons. The molecule has 18 heavy (non-hydrogen) atoms. The molecule has 2 N–H and O–H groups in total. The van der Waals surface area contributed by atoms with Gasteiger partial charge in [-0.2, -0.15) is 0 Å². The van der Waals surface area contributed by atoms with Crippen LogP contribution >= 0.6 is 27.7 Å². The van der Waals surface area contributed by atoms with Gasteiger partial charge in [0.05, 0.1) is 0 Å². The molecule has 2 rings (SSSR count). The molecule has 1 nitrogen and oxygen atoms in total. The van der Waals surface area contributed by atoms with Crippen LogP contribution in [0.1, 0.15) is 5.56 Å². The molecule has 0 aliphatic rings. The standard InChI is InChI=1S/C13H10BrF2NS/c14-9-1-2-13(16)8(3-9)7-18-12-5-10(15)4-11(17)6-12/h1-6H,7,17H2. The molecule has 0 bridgehead atoms. The van der Waals surface area contributed by atoms with Crippen LogP contribution in [0.4, 0.5) is 14.5 Å². The molecule has 0 spiro atoms. The van der Waals surface area contributed by atoms with Gasteiger partial charge >= 0.3 is 0 Å². The highest BCUT2D eigenvalue weighted by atomic mass is 79.9. The number of hydrogen-bond donors (Lipinski definition) is 1. The fourth-order valence-electron chi connectivity index (χ4n) is 1.48. The molecule has 0 unspecified atom stereocenters. The number of rotatable bonds is 3. The summed E-state index contributed by atoms with van der Waals surface area (Å²) in [6.45, 7) is 0. The third kappa shape index (κ3) is 3.46. The minimum Gasteiger partial charge on any atom is -0.399 e. The fourth-order valence-corrected chi connectivity index (χ4v) is 2.85. The minimum absolute atomic E-state index is 0.268. The predicted molar refractivity (Wildman–Crippen MR) is 74.5 cm³/mol. The summed E-state index contributed by atoms with van der Waals surface area (Å²) in [5.41, 5.74) is 6.48. The Morgan fingerprint density at radius 3 is 2.61 bits per heavy atom. The Hall–Kier alpha value is -1.07. The summed E-state index contributed by atoms with van der Waals surface area (Å²) in [7, 11) is 0. The van der Waals surface area contributed by atoms with Crippen LogP contribution < -0.4 is 5.73 Å². The zero-order valence-corrected chi connectivity index (χ0v) is 11.7. The SMILES string of the molecule is Nc1cc(F)cc(SCc2cc(Br)ccc2F)c1. The van der Waals surface area contributed by atoms with Gasteiger partial charge in [-0.1, -0.05) is 15.9 Å². The first kappa shape index (κ1) is 13.4. The number of anilines is 1. The van der Waals surface area contributed by atoms with Gasteiger partial charge in [-0.3, -0.25) is 0 Å². The Labute approximate surface area is 117 Å². The van der Waals surface area contributed by atoms with Crippen LogP contribution in [0.25, 0.3) is 0 Å². The van der Waals surface area contributed by atoms with E-state index in [2.05, 4.69) is 15.9 Å². The normalized spacial score (nSPS) is 10.6. The lowest BCUT2D eigenvalue weighted by molar-refractivity contribution is 0.617. The molecule has 5 heteroatoms. The summed E-state index contributed by atoms with van der Waals surface area (Å²) in [4.78, 5) is 0.687. The Morgan fingerprint density at radius 2 is 1.89 bits per heavy atom. The molecule has 0 fully saturated rings. The highest BCUT2D eigenvalue weighted by Crippen LogP contribution is 2.27. The van der Waals surface area contributed by atoms with Gasteiger partial charge in [0.1, 0.15) is 11.6 Å². The summed E-state index contributed by atoms with van der Waals surface area (Å²) < 4.78 is 27.4. The first-order chi connectivity index (χ1) is 8.54. The summed E-state index contributed by atoms with van der Waals surface area (Å²) >= 11 is 4.63. The lowest BCUT2D eigenvalue weighted by Gasteiger charge is -2.05. The molecule has 0 heterocycles. The molecule has 0 aromatic heterocycles. The van der Waals surface area contributed by atoms with Crippen LogP contribution in [-0.4, -0.2) is 0 Å². The van der Waals surface area contributed by atoms with Gasteiger partial charge in [0.25, 0.3) is 0 Å². The van der Waals surface area contributed by atoms with E-state index in [1.165, 1.54) is 30.0 Å². The average Bonchev–Trinajstić information content (AvgIpc) is 2.29. The molecule has 0 saturated carbocycles. The van der Waals surface area contributed by atoms with E-state index < -0.39 is 0 Å². The van der Waals surface area contributed by atoms with Crippen LogP contribution in [-0.2, 0) is 5.75 Å². The molecule has 0 aliphatic carbocycles. The quantitative estimate of drug-likeness (QED) is 0.657. The molecule has 0 saturated heterocycles. The van der Waals surface area contributed by atoms with Crippen LogP contribution in [0.3, 0.4) is 0 Å². The Morgan fingerprint density at radius 1 is 1.11 bits per heavy atom. The first-order valence-electron chi connectivity index (χ1n) is 5.17. The summed E-state index contributed by atoms with van der Waals surface area (Å²) in [5, 5.41) is 0. The zero-order valence-electron chi connectivity index (χ0n) is 9.29. The van der Waals surface area contributed by atoms with Crippen LogP contribution in [0, 0.1) is 11.6 Å². The topological polar surface area (TPSA) is 26.0 Å². The second-order valence-electron chi connectivity index (χ2n) is 3.74. The van der Waals surface area contributed by atoms with Crippen molar-refractivity contribution in [3.05, 3.63) is 58.1 Å². The monoisotopic (exact) mass is 329 g/mol. The van der Waals surface area contributed by atoms with E-state index >= 15 is 0 Å². The molecular formula is C13H10BrF2NS. The van der Waals surface area contributed by atoms with Crippen molar-refractivity contribution in [1.29, 1.82) is 0 Å².